The summed E-state index contributed by atoms with van der Waals surface area (Å²) < 4.78 is 9.18. The first kappa shape index (κ1) is 17.4. The van der Waals surface area contributed by atoms with Crippen LogP contribution in [-0.2, 0) is 23.9 Å². The van der Waals surface area contributed by atoms with Crippen LogP contribution in [0.3, 0.4) is 0 Å². The summed E-state index contributed by atoms with van der Waals surface area (Å²) in [7, 11) is 2.45. The molecule has 0 bridgehead atoms. The Hall–Kier alpha value is -1.69. The van der Waals surface area contributed by atoms with Crippen molar-refractivity contribution in [3.8, 4) is 0 Å². The van der Waals surface area contributed by atoms with Crippen LogP contribution in [0.2, 0.25) is 0 Å². The van der Waals surface area contributed by atoms with Gasteiger partial charge < -0.3 is 14.3 Å². The minimum atomic E-state index is -0.738. The Morgan fingerprint density at radius 3 is 2.24 bits per heavy atom. The second kappa shape index (κ2) is 6.39. The van der Waals surface area contributed by atoms with Crippen LogP contribution in [0.25, 0.3) is 0 Å². The summed E-state index contributed by atoms with van der Waals surface area (Å²) in [4.78, 5) is 28.9. The van der Waals surface area contributed by atoms with E-state index in [-0.39, 0.29) is 11.3 Å². The van der Waals surface area contributed by atoms with E-state index >= 15 is 0 Å². The maximum absolute atomic E-state index is 11.8. The average Bonchev–Trinajstić information content (AvgIpc) is 2.39. The molecule has 6 heteroatoms. The maximum Gasteiger partial charge on any atom is 0.376 e. The summed E-state index contributed by atoms with van der Waals surface area (Å²) in [5.41, 5.74) is -0.830. The van der Waals surface area contributed by atoms with E-state index in [1.165, 1.54) is 14.2 Å². The third-order valence-electron chi connectivity index (χ3n) is 3.57. The van der Waals surface area contributed by atoms with Crippen molar-refractivity contribution in [2.75, 3.05) is 14.2 Å². The van der Waals surface area contributed by atoms with Gasteiger partial charge >= 0.3 is 11.9 Å². The van der Waals surface area contributed by atoms with Gasteiger partial charge in [-0.25, -0.2) is 9.59 Å². The van der Waals surface area contributed by atoms with Gasteiger partial charge in [0.05, 0.1) is 32.8 Å². The average molecular weight is 298 g/mol. The number of piperidine rings is 1. The molecule has 0 radical (unpaired) electrons. The zero-order valence-corrected chi connectivity index (χ0v) is 13.4. The van der Waals surface area contributed by atoms with Crippen LogP contribution >= 0.6 is 0 Å². The van der Waals surface area contributed by atoms with Crippen molar-refractivity contribution in [2.45, 2.75) is 51.1 Å². The monoisotopic (exact) mass is 298 g/mol. The summed E-state index contributed by atoms with van der Waals surface area (Å²) >= 11 is 0. The van der Waals surface area contributed by atoms with E-state index in [1.807, 2.05) is 20.8 Å². The van der Waals surface area contributed by atoms with E-state index < -0.39 is 17.5 Å². The third kappa shape index (κ3) is 4.14. The van der Waals surface area contributed by atoms with Gasteiger partial charge in [0.25, 0.3) is 0 Å². The lowest BCUT2D eigenvalue weighted by Gasteiger charge is -2.46. The molecular weight excluding hydrogens is 274 g/mol. The van der Waals surface area contributed by atoms with E-state index in [4.69, 9.17) is 4.84 Å². The molecule has 0 aromatic rings. The molecule has 6 nitrogen and oxygen atoms in total. The first-order chi connectivity index (χ1) is 9.64. The first-order valence-electron chi connectivity index (χ1n) is 6.85. The second-order valence-electron chi connectivity index (χ2n) is 6.07. The lowest BCUT2D eigenvalue weighted by atomic mass is 9.82. The Kier molecular flexibility index (Phi) is 5.28. The molecule has 118 valence electrons. The molecule has 1 aliphatic rings. The smallest absolute Gasteiger partial charge is 0.376 e. The number of hydrogen-bond donors (Lipinski definition) is 0. The Labute approximate surface area is 126 Å². The van der Waals surface area contributed by atoms with E-state index in [0.717, 1.165) is 25.3 Å². The molecule has 1 rings (SSSR count). The first-order valence-corrected chi connectivity index (χ1v) is 6.85. The maximum atomic E-state index is 11.8. The Morgan fingerprint density at radius 1 is 1.14 bits per heavy atom. The summed E-state index contributed by atoms with van der Waals surface area (Å²) in [5.74, 6) is -1.64. The van der Waals surface area contributed by atoms with Crippen LogP contribution < -0.4 is 0 Å². The molecule has 0 saturated carbocycles. The van der Waals surface area contributed by atoms with Crippen molar-refractivity contribution < 1.29 is 23.9 Å². The molecule has 0 aliphatic carbocycles. The van der Waals surface area contributed by atoms with Gasteiger partial charge in [-0.3, -0.25) is 0 Å². The Morgan fingerprint density at radius 2 is 1.76 bits per heavy atom. The summed E-state index contributed by atoms with van der Waals surface area (Å²) in [6.45, 7) is 10.1. The van der Waals surface area contributed by atoms with Gasteiger partial charge in [0, 0.05) is 6.42 Å². The molecule has 0 amide bonds. The second-order valence-corrected chi connectivity index (χ2v) is 6.07. The van der Waals surface area contributed by atoms with Crippen molar-refractivity contribution in [1.29, 1.82) is 0 Å². The molecule has 1 atom stereocenters. The SMILES string of the molecule is [CH2+]C1(C)CCCC(C)(C)N1O/C(=C/C(=O)OC)C(=O)OC. The summed E-state index contributed by atoms with van der Waals surface area (Å²) in [5, 5.41) is 1.66. The molecule has 1 fully saturated rings. The van der Waals surface area contributed by atoms with E-state index in [9.17, 15) is 9.59 Å². The fourth-order valence-corrected chi connectivity index (χ4v) is 2.56. The van der Waals surface area contributed by atoms with Crippen LogP contribution in [0.5, 0.6) is 0 Å². The number of hydroxylamine groups is 2. The minimum Gasteiger partial charge on any atom is -0.466 e. The number of carbonyl (C=O) groups is 2. The molecule has 0 N–H and O–H groups in total. The zero-order valence-electron chi connectivity index (χ0n) is 13.4. The van der Waals surface area contributed by atoms with E-state index in [2.05, 4.69) is 16.4 Å². The van der Waals surface area contributed by atoms with Gasteiger partial charge in [0.15, 0.2) is 5.54 Å². The van der Waals surface area contributed by atoms with Gasteiger partial charge in [-0.2, -0.15) is 0 Å². The van der Waals surface area contributed by atoms with Crippen LogP contribution in [0.1, 0.15) is 40.0 Å². The highest BCUT2D eigenvalue weighted by atomic mass is 16.7. The topological polar surface area (TPSA) is 65.1 Å². The van der Waals surface area contributed by atoms with Gasteiger partial charge in [-0.05, 0) is 33.6 Å². The van der Waals surface area contributed by atoms with Crippen molar-refractivity contribution >= 4 is 11.9 Å². The number of nitrogens with zero attached hydrogens (tertiary/aromatic N) is 1. The highest BCUT2D eigenvalue weighted by Gasteiger charge is 2.49. The molecule has 1 saturated heterocycles. The number of ether oxygens (including phenoxy) is 2. The quantitative estimate of drug-likeness (QED) is 0.342. The third-order valence-corrected chi connectivity index (χ3v) is 3.57. The predicted molar refractivity (Wildman–Crippen MR) is 76.7 cm³/mol. The molecule has 21 heavy (non-hydrogen) atoms. The number of rotatable bonds is 4. The van der Waals surface area contributed by atoms with Crippen molar-refractivity contribution in [3.05, 3.63) is 18.8 Å². The van der Waals surface area contributed by atoms with E-state index in [0.29, 0.717) is 0 Å². The van der Waals surface area contributed by atoms with Crippen LogP contribution in [-0.4, -0.2) is 42.3 Å². The van der Waals surface area contributed by atoms with Crippen LogP contribution in [0, 0.1) is 6.92 Å². The normalized spacial score (nSPS) is 26.0. The van der Waals surface area contributed by atoms with Crippen molar-refractivity contribution in [2.24, 2.45) is 0 Å². The molecule has 0 aromatic heterocycles. The Bertz CT molecular complexity index is 423. The van der Waals surface area contributed by atoms with Crippen molar-refractivity contribution in [1.82, 2.24) is 5.06 Å². The molecule has 0 aromatic carbocycles. The van der Waals surface area contributed by atoms with Crippen LogP contribution in [0.4, 0.5) is 0 Å². The van der Waals surface area contributed by atoms with Crippen molar-refractivity contribution in [3.63, 3.8) is 0 Å². The predicted octanol–water partition coefficient (Wildman–Crippen LogP) is 2.01. The highest BCUT2D eigenvalue weighted by molar-refractivity contribution is 5.94. The van der Waals surface area contributed by atoms with Gasteiger partial charge in [-0.15, -0.1) is 0 Å². The molecule has 0 spiro atoms. The van der Waals surface area contributed by atoms with Crippen LogP contribution in [0.15, 0.2) is 11.8 Å². The number of carbonyl (C=O) groups excluding carboxylic acids is 2. The number of esters is 2. The highest BCUT2D eigenvalue weighted by Crippen LogP contribution is 2.39. The fraction of sp³-hybridized carbons (Fsp3) is 0.667. The lowest BCUT2D eigenvalue weighted by molar-refractivity contribution is -0.250. The van der Waals surface area contributed by atoms with Gasteiger partial charge in [0.2, 0.25) is 5.76 Å². The largest absolute Gasteiger partial charge is 0.466 e. The molecule has 1 aliphatic heterocycles. The Balaban J connectivity index is 3.08. The van der Waals surface area contributed by atoms with Gasteiger partial charge in [-0.1, -0.05) is 5.06 Å². The molecule has 1 heterocycles. The molecule has 1 unspecified atom stereocenters. The van der Waals surface area contributed by atoms with E-state index in [1.54, 1.807) is 5.06 Å². The summed E-state index contributed by atoms with van der Waals surface area (Å²) in [6, 6.07) is 0. The fourth-order valence-electron chi connectivity index (χ4n) is 2.56. The number of hydrogen-bond acceptors (Lipinski definition) is 6. The standard InChI is InChI=1S/C15H24NO5/c1-14(2)8-7-9-15(3,4)16(14)21-11(13(18)20-6)10-12(17)19-5/h10H,1,7-9H2,2-6H3/q+1/b11-10+. The lowest BCUT2D eigenvalue weighted by Crippen LogP contribution is -2.58. The molecular formula is C15H24NO5+. The minimum absolute atomic E-state index is 0.214. The summed E-state index contributed by atoms with van der Waals surface area (Å²) in [6.07, 6.45) is 3.71. The number of methoxy groups -OCH3 is 2. The zero-order chi connectivity index (χ0) is 16.3. The van der Waals surface area contributed by atoms with Gasteiger partial charge in [0.1, 0.15) is 0 Å².